The number of nitrogens with zero attached hydrogens (tertiary/aromatic N) is 4. The van der Waals surface area contributed by atoms with E-state index in [-0.39, 0.29) is 17.1 Å². The van der Waals surface area contributed by atoms with Gasteiger partial charge in [0.2, 0.25) is 0 Å². The first-order valence-electron chi connectivity index (χ1n) is 15.3. The molecule has 1 unspecified atom stereocenters. The summed E-state index contributed by atoms with van der Waals surface area (Å²) >= 11 is 0. The fraction of sp³-hybridized carbons (Fsp3) is 0.429. The van der Waals surface area contributed by atoms with Crippen molar-refractivity contribution in [3.8, 4) is 5.75 Å². The second-order valence-electron chi connectivity index (χ2n) is 12.5. The van der Waals surface area contributed by atoms with Crippen molar-refractivity contribution < 1.29 is 9.90 Å². The number of carbonyl (C=O) groups excluding carboxylic acids is 1. The van der Waals surface area contributed by atoms with Gasteiger partial charge in [0.05, 0.1) is 11.0 Å². The number of hydrogen-bond donors (Lipinski definition) is 1. The summed E-state index contributed by atoms with van der Waals surface area (Å²) in [5, 5.41) is 9.64. The Bertz CT molecular complexity index is 1510. The minimum atomic E-state index is 0.0640. The van der Waals surface area contributed by atoms with Crippen LogP contribution < -0.4 is 0 Å². The highest BCUT2D eigenvalue weighted by atomic mass is 16.3. The lowest BCUT2D eigenvalue weighted by Gasteiger charge is -2.45. The molecule has 3 aliphatic rings. The van der Waals surface area contributed by atoms with E-state index in [0.29, 0.717) is 23.7 Å². The largest absolute Gasteiger partial charge is 0.508 e. The minimum Gasteiger partial charge on any atom is -0.508 e. The van der Waals surface area contributed by atoms with Gasteiger partial charge in [0.1, 0.15) is 11.6 Å². The molecule has 4 heterocycles. The molecule has 0 radical (unpaired) electrons. The molecule has 1 aromatic heterocycles. The first-order chi connectivity index (χ1) is 20.0. The number of fused-ring (bicyclic) bond motifs is 3. The normalized spacial score (nSPS) is 24.1. The molecule has 6 nitrogen and oxygen atoms in total. The number of likely N-dealkylation sites (tertiary alicyclic amines) is 1. The average molecular weight is 549 g/mol. The van der Waals surface area contributed by atoms with Crippen LogP contribution in [-0.4, -0.2) is 62.1 Å². The molecule has 1 amide bonds. The van der Waals surface area contributed by atoms with Crippen LogP contribution in [0, 0.1) is 6.92 Å². The quantitative estimate of drug-likeness (QED) is 0.300. The van der Waals surface area contributed by atoms with E-state index in [9.17, 15) is 9.90 Å². The number of carbonyl (C=O) groups is 1. The van der Waals surface area contributed by atoms with E-state index in [4.69, 9.17) is 4.98 Å². The molecule has 41 heavy (non-hydrogen) atoms. The van der Waals surface area contributed by atoms with Crippen LogP contribution in [0.2, 0.25) is 0 Å². The Morgan fingerprint density at radius 1 is 0.878 bits per heavy atom. The molecule has 0 spiro atoms. The predicted octanol–water partition coefficient (Wildman–Crippen LogP) is 6.48. The van der Waals surface area contributed by atoms with Gasteiger partial charge in [-0.2, -0.15) is 0 Å². The SMILES string of the molecule is Cc1nc2ccccc2n1C1C[C@H]2CC[C@@H](C1)N2CCC1(c2ccccc2)CCN(C(=O)c2ccc(O)cc2)CC1. The number of hydrogen-bond acceptors (Lipinski definition) is 4. The van der Waals surface area contributed by atoms with Crippen LogP contribution in [0.25, 0.3) is 11.0 Å². The lowest BCUT2D eigenvalue weighted by atomic mass is 9.70. The molecular weight excluding hydrogens is 508 g/mol. The van der Waals surface area contributed by atoms with Crippen LogP contribution in [-0.2, 0) is 5.41 Å². The van der Waals surface area contributed by atoms with Crippen molar-refractivity contribution in [3.63, 3.8) is 0 Å². The predicted molar refractivity (Wildman–Crippen MR) is 162 cm³/mol. The molecular formula is C35H40N4O2. The highest BCUT2D eigenvalue weighted by Gasteiger charge is 2.44. The second kappa shape index (κ2) is 10.6. The molecule has 0 saturated carbocycles. The van der Waals surface area contributed by atoms with Crippen LogP contribution in [0.5, 0.6) is 5.75 Å². The monoisotopic (exact) mass is 548 g/mol. The van der Waals surface area contributed by atoms with E-state index >= 15 is 0 Å². The van der Waals surface area contributed by atoms with E-state index in [1.54, 1.807) is 24.3 Å². The summed E-state index contributed by atoms with van der Waals surface area (Å²) < 4.78 is 2.52. The number of aromatic hydroxyl groups is 1. The van der Waals surface area contributed by atoms with Gasteiger partial charge in [-0.3, -0.25) is 9.69 Å². The van der Waals surface area contributed by atoms with Crippen molar-refractivity contribution in [2.24, 2.45) is 0 Å². The number of aryl methyl sites for hydroxylation is 1. The number of benzene rings is 3. The average Bonchev–Trinajstić information content (AvgIpc) is 3.47. The maximum Gasteiger partial charge on any atom is 0.253 e. The van der Waals surface area contributed by atoms with Crippen molar-refractivity contribution in [2.75, 3.05) is 19.6 Å². The number of piperidine rings is 2. The van der Waals surface area contributed by atoms with Crippen molar-refractivity contribution >= 4 is 16.9 Å². The lowest BCUT2D eigenvalue weighted by molar-refractivity contribution is 0.0607. The zero-order valence-corrected chi connectivity index (χ0v) is 24.0. The van der Waals surface area contributed by atoms with Crippen LogP contribution >= 0.6 is 0 Å². The summed E-state index contributed by atoms with van der Waals surface area (Å²) in [5.74, 6) is 1.39. The van der Waals surface area contributed by atoms with E-state index in [1.807, 2.05) is 4.90 Å². The molecule has 6 heteroatoms. The highest BCUT2D eigenvalue weighted by molar-refractivity contribution is 5.94. The second-order valence-corrected chi connectivity index (χ2v) is 12.5. The molecule has 2 bridgehead atoms. The summed E-state index contributed by atoms with van der Waals surface area (Å²) in [4.78, 5) is 22.9. The van der Waals surface area contributed by atoms with Crippen LogP contribution in [0.15, 0.2) is 78.9 Å². The summed E-state index contributed by atoms with van der Waals surface area (Å²) in [6.45, 7) is 4.80. The molecule has 3 saturated heterocycles. The number of imidazole rings is 1. The van der Waals surface area contributed by atoms with E-state index in [2.05, 4.69) is 71.0 Å². The van der Waals surface area contributed by atoms with Crippen molar-refractivity contribution in [2.45, 2.75) is 75.4 Å². The van der Waals surface area contributed by atoms with E-state index in [0.717, 1.165) is 50.2 Å². The Morgan fingerprint density at radius 3 is 2.24 bits per heavy atom. The summed E-state index contributed by atoms with van der Waals surface area (Å²) in [5.41, 5.74) is 4.54. The third-order valence-corrected chi connectivity index (χ3v) is 10.4. The van der Waals surface area contributed by atoms with Gasteiger partial charge in [0.15, 0.2) is 0 Å². The van der Waals surface area contributed by atoms with Gasteiger partial charge >= 0.3 is 0 Å². The maximum atomic E-state index is 13.2. The fourth-order valence-electron chi connectivity index (χ4n) is 8.19. The number of para-hydroxylation sites is 2. The van der Waals surface area contributed by atoms with Gasteiger partial charge < -0.3 is 14.6 Å². The smallest absolute Gasteiger partial charge is 0.253 e. The number of phenolic OH excluding ortho intramolecular Hbond substituents is 1. The van der Waals surface area contributed by atoms with Gasteiger partial charge in [0.25, 0.3) is 5.91 Å². The van der Waals surface area contributed by atoms with Gasteiger partial charge in [-0.1, -0.05) is 42.5 Å². The van der Waals surface area contributed by atoms with E-state index < -0.39 is 0 Å². The third kappa shape index (κ3) is 4.82. The van der Waals surface area contributed by atoms with Gasteiger partial charge in [0, 0.05) is 36.8 Å². The summed E-state index contributed by atoms with van der Waals surface area (Å²) in [6, 6.07) is 28.0. The zero-order valence-electron chi connectivity index (χ0n) is 24.0. The number of phenols is 1. The number of amides is 1. The standard InChI is InChI=1S/C35H40N4O2/c1-25-36-32-9-5-6-10-33(32)39(25)30-23-28-13-14-29(24-30)38(28)22-19-35(27-7-3-2-4-8-27)17-20-37(21-18-35)34(41)26-11-15-31(40)16-12-26/h2-12,15-16,28-30,40H,13-14,17-24H2,1H3/t28-,29+,30?. The van der Waals surface area contributed by atoms with E-state index in [1.165, 1.54) is 36.8 Å². The molecule has 7 rings (SSSR count). The van der Waals surface area contributed by atoms with Gasteiger partial charge in [-0.25, -0.2) is 4.98 Å². The summed E-state index contributed by atoms with van der Waals surface area (Å²) in [6.07, 6.45) is 8.07. The number of rotatable bonds is 6. The Labute approximate surface area is 242 Å². The van der Waals surface area contributed by atoms with Crippen LogP contribution in [0.4, 0.5) is 0 Å². The first kappa shape index (κ1) is 26.3. The first-order valence-corrected chi connectivity index (χ1v) is 15.3. The molecule has 0 aliphatic carbocycles. The molecule has 1 N–H and O–H groups in total. The highest BCUT2D eigenvalue weighted by Crippen LogP contribution is 2.45. The summed E-state index contributed by atoms with van der Waals surface area (Å²) in [7, 11) is 0. The molecule has 212 valence electrons. The Balaban J connectivity index is 1.06. The van der Waals surface area contributed by atoms with Crippen LogP contribution in [0.1, 0.15) is 72.7 Å². The molecule has 3 aromatic carbocycles. The van der Waals surface area contributed by atoms with Gasteiger partial charge in [-0.05, 0) is 106 Å². The molecule has 3 atom stereocenters. The van der Waals surface area contributed by atoms with Crippen molar-refractivity contribution in [3.05, 3.63) is 95.8 Å². The molecule has 3 aliphatic heterocycles. The lowest BCUT2D eigenvalue weighted by Crippen LogP contribution is -2.49. The Kier molecular flexibility index (Phi) is 6.82. The fourth-order valence-corrected chi connectivity index (χ4v) is 8.19. The molecule has 3 fully saturated rings. The number of aromatic nitrogens is 2. The van der Waals surface area contributed by atoms with Crippen LogP contribution in [0.3, 0.4) is 0 Å². The van der Waals surface area contributed by atoms with Crippen molar-refractivity contribution in [1.82, 2.24) is 19.4 Å². The molecule has 4 aromatic rings. The topological polar surface area (TPSA) is 61.6 Å². The van der Waals surface area contributed by atoms with Crippen molar-refractivity contribution in [1.29, 1.82) is 0 Å². The zero-order chi connectivity index (χ0) is 28.0. The minimum absolute atomic E-state index is 0.0640. The maximum absolute atomic E-state index is 13.2. The Morgan fingerprint density at radius 2 is 1.54 bits per heavy atom. The Hall–Kier alpha value is -3.64. The third-order valence-electron chi connectivity index (χ3n) is 10.4. The van der Waals surface area contributed by atoms with Gasteiger partial charge in [-0.15, -0.1) is 0 Å².